The van der Waals surface area contributed by atoms with Gasteiger partial charge in [-0.3, -0.25) is 4.79 Å². The molecule has 2 heterocycles. The van der Waals surface area contributed by atoms with Crippen LogP contribution in [-0.2, 0) is 14.3 Å². The monoisotopic (exact) mass is 374 g/mol. The zero-order chi connectivity index (χ0) is 19.4. The lowest BCUT2D eigenvalue weighted by Gasteiger charge is -2.47. The molecular weight excluding hydrogens is 348 g/mol. The van der Waals surface area contributed by atoms with Gasteiger partial charge in [0.05, 0.1) is 39.0 Å². The molecule has 2 atom stereocenters. The van der Waals surface area contributed by atoms with E-state index in [9.17, 15) is 4.79 Å². The van der Waals surface area contributed by atoms with Crippen molar-refractivity contribution in [3.05, 3.63) is 35.2 Å². The van der Waals surface area contributed by atoms with Crippen molar-refractivity contribution >= 4 is 11.6 Å². The van der Waals surface area contributed by atoms with Crippen LogP contribution in [-0.4, -0.2) is 60.6 Å². The van der Waals surface area contributed by atoms with E-state index in [-0.39, 0.29) is 25.2 Å². The van der Waals surface area contributed by atoms with Gasteiger partial charge >= 0.3 is 0 Å². The molecule has 27 heavy (non-hydrogen) atoms. The summed E-state index contributed by atoms with van der Waals surface area (Å²) in [4.78, 5) is 17.9. The van der Waals surface area contributed by atoms with Crippen LogP contribution in [0.15, 0.2) is 18.2 Å². The number of hydrogen-bond acceptors (Lipinski definition) is 5. The second kappa shape index (κ2) is 8.26. The van der Waals surface area contributed by atoms with E-state index in [1.54, 1.807) is 18.2 Å². The number of ether oxygens (including phenoxy) is 3. The molecule has 0 spiro atoms. The molecule has 1 amide bonds. The third kappa shape index (κ3) is 4.08. The van der Waals surface area contributed by atoms with Gasteiger partial charge < -0.3 is 24.2 Å². The highest BCUT2D eigenvalue weighted by atomic mass is 16.6. The topological polar surface area (TPSA) is 72.6 Å². The van der Waals surface area contributed by atoms with Gasteiger partial charge in [0.2, 0.25) is 5.91 Å². The average molecular weight is 374 g/mol. The number of amides is 1. The molecule has 7 heteroatoms. The van der Waals surface area contributed by atoms with E-state index in [1.165, 1.54) is 0 Å². The molecule has 1 aromatic rings. The summed E-state index contributed by atoms with van der Waals surface area (Å²) in [5.41, 5.74) is 0.676. The van der Waals surface area contributed by atoms with Gasteiger partial charge in [-0.25, -0.2) is 4.85 Å². The van der Waals surface area contributed by atoms with E-state index in [2.05, 4.69) is 4.85 Å². The van der Waals surface area contributed by atoms with Crippen LogP contribution in [0.4, 0.5) is 5.69 Å². The Labute approximate surface area is 159 Å². The van der Waals surface area contributed by atoms with Crippen molar-refractivity contribution in [2.45, 2.75) is 44.4 Å². The van der Waals surface area contributed by atoms with Crippen LogP contribution in [0, 0.1) is 6.57 Å². The van der Waals surface area contributed by atoms with Crippen molar-refractivity contribution in [3.63, 3.8) is 0 Å². The summed E-state index contributed by atoms with van der Waals surface area (Å²) in [7, 11) is 0. The Bertz CT molecular complexity index is 728. The van der Waals surface area contributed by atoms with Crippen molar-refractivity contribution in [2.75, 3.05) is 33.0 Å². The summed E-state index contributed by atoms with van der Waals surface area (Å²) in [5.74, 6) is 0.787. The molecule has 2 aliphatic rings. The lowest BCUT2D eigenvalue weighted by atomic mass is 9.85. The first-order valence-electron chi connectivity index (χ1n) is 9.28. The summed E-state index contributed by atoms with van der Waals surface area (Å²) < 4.78 is 17.6. The number of rotatable bonds is 7. The average Bonchev–Trinajstić information content (AvgIpc) is 3.06. The van der Waals surface area contributed by atoms with Crippen molar-refractivity contribution in [3.8, 4) is 5.75 Å². The maximum absolute atomic E-state index is 12.5. The molecule has 3 rings (SSSR count). The van der Waals surface area contributed by atoms with Gasteiger partial charge in [-0.05, 0) is 32.4 Å². The Hall–Kier alpha value is -2.14. The highest BCUT2D eigenvalue weighted by molar-refractivity contribution is 5.79. The number of fused-ring (bicyclic) bond motifs is 1. The lowest BCUT2D eigenvalue weighted by Crippen LogP contribution is -2.55. The summed E-state index contributed by atoms with van der Waals surface area (Å²) in [5, 5.41) is 8.82. The SMILES string of the molecule is [C-]#[N+]c1ccc2c(c1)[C@@H](N1CCCC1=O)[C@H](OCCOCCO)C(C)(C)O2. The molecule has 0 aliphatic carbocycles. The normalized spacial score (nSPS) is 23.6. The fourth-order valence-corrected chi connectivity index (χ4v) is 3.80. The van der Waals surface area contributed by atoms with Gasteiger partial charge in [0.1, 0.15) is 17.5 Å². The van der Waals surface area contributed by atoms with E-state index in [4.69, 9.17) is 25.9 Å². The Balaban J connectivity index is 1.92. The van der Waals surface area contributed by atoms with E-state index < -0.39 is 11.7 Å². The highest BCUT2D eigenvalue weighted by Gasteiger charge is 2.49. The summed E-state index contributed by atoms with van der Waals surface area (Å²) >= 11 is 0. The van der Waals surface area contributed by atoms with E-state index >= 15 is 0 Å². The van der Waals surface area contributed by atoms with Gasteiger partial charge in [-0.1, -0.05) is 6.07 Å². The molecule has 0 bridgehead atoms. The Morgan fingerprint density at radius 1 is 1.37 bits per heavy atom. The van der Waals surface area contributed by atoms with Crippen LogP contribution < -0.4 is 4.74 Å². The highest BCUT2D eigenvalue weighted by Crippen LogP contribution is 2.46. The number of carbonyl (C=O) groups excluding carboxylic acids is 1. The number of hydrogen-bond donors (Lipinski definition) is 1. The van der Waals surface area contributed by atoms with E-state index in [0.717, 1.165) is 12.0 Å². The first-order valence-corrected chi connectivity index (χ1v) is 9.28. The van der Waals surface area contributed by atoms with Crippen LogP contribution in [0.1, 0.15) is 38.3 Å². The van der Waals surface area contributed by atoms with E-state index in [0.29, 0.717) is 37.6 Å². The second-order valence-electron chi connectivity index (χ2n) is 7.30. The molecular formula is C20H26N2O5. The van der Waals surface area contributed by atoms with Gasteiger partial charge in [0.15, 0.2) is 5.69 Å². The number of benzene rings is 1. The van der Waals surface area contributed by atoms with Gasteiger partial charge in [-0.15, -0.1) is 0 Å². The predicted octanol–water partition coefficient (Wildman–Crippen LogP) is 2.47. The molecule has 1 saturated heterocycles. The molecule has 2 aliphatic heterocycles. The van der Waals surface area contributed by atoms with Gasteiger partial charge in [-0.2, -0.15) is 0 Å². The molecule has 0 saturated carbocycles. The van der Waals surface area contributed by atoms with Crippen molar-refractivity contribution < 1.29 is 24.1 Å². The van der Waals surface area contributed by atoms with Crippen LogP contribution >= 0.6 is 0 Å². The van der Waals surface area contributed by atoms with Crippen molar-refractivity contribution in [2.24, 2.45) is 0 Å². The zero-order valence-electron chi connectivity index (χ0n) is 15.8. The Morgan fingerprint density at radius 3 is 2.85 bits per heavy atom. The minimum atomic E-state index is -0.656. The number of aliphatic hydroxyl groups is 1. The van der Waals surface area contributed by atoms with Crippen LogP contribution in [0.3, 0.4) is 0 Å². The van der Waals surface area contributed by atoms with E-state index in [1.807, 2.05) is 18.7 Å². The van der Waals surface area contributed by atoms with Gasteiger partial charge in [0.25, 0.3) is 0 Å². The molecule has 1 fully saturated rings. The Morgan fingerprint density at radius 2 is 2.19 bits per heavy atom. The minimum Gasteiger partial charge on any atom is -0.485 e. The standard InChI is InChI=1S/C20H26N2O5/c1-20(2)19(26-12-11-25-10-9-23)18(22-8-4-5-17(22)24)15-13-14(21-3)6-7-16(15)27-20/h6-7,13,18-19,23H,4-5,8-12H2,1-2H3/t18-,19+/m1/s1. The summed E-state index contributed by atoms with van der Waals surface area (Å²) in [6.07, 6.45) is 0.953. The number of carbonyl (C=O) groups is 1. The maximum Gasteiger partial charge on any atom is 0.223 e. The zero-order valence-corrected chi connectivity index (χ0v) is 15.8. The number of aliphatic hydroxyl groups excluding tert-OH is 1. The third-order valence-corrected chi connectivity index (χ3v) is 4.99. The second-order valence-corrected chi connectivity index (χ2v) is 7.30. The fourth-order valence-electron chi connectivity index (χ4n) is 3.80. The molecule has 0 aromatic heterocycles. The number of likely N-dealkylation sites (tertiary alicyclic amines) is 1. The first-order chi connectivity index (χ1) is 13.0. The van der Waals surface area contributed by atoms with Crippen molar-refractivity contribution in [1.29, 1.82) is 0 Å². The Kier molecular flexibility index (Phi) is 6.00. The summed E-state index contributed by atoms with van der Waals surface area (Å²) in [6, 6.07) is 5.03. The molecule has 0 radical (unpaired) electrons. The molecule has 1 N–H and O–H groups in total. The van der Waals surface area contributed by atoms with Gasteiger partial charge in [0, 0.05) is 18.5 Å². The molecule has 7 nitrogen and oxygen atoms in total. The minimum absolute atomic E-state index is 0.0320. The fraction of sp³-hybridized carbons (Fsp3) is 0.600. The molecule has 0 unspecified atom stereocenters. The quantitative estimate of drug-likeness (QED) is 0.586. The van der Waals surface area contributed by atoms with Crippen LogP contribution in [0.2, 0.25) is 0 Å². The van der Waals surface area contributed by atoms with Crippen LogP contribution in [0.5, 0.6) is 5.75 Å². The van der Waals surface area contributed by atoms with Crippen LogP contribution in [0.25, 0.3) is 4.85 Å². The third-order valence-electron chi connectivity index (χ3n) is 4.99. The predicted molar refractivity (Wildman–Crippen MR) is 98.7 cm³/mol. The lowest BCUT2D eigenvalue weighted by molar-refractivity contribution is -0.151. The first kappa shape index (κ1) is 19.6. The smallest absolute Gasteiger partial charge is 0.223 e. The summed E-state index contributed by atoms with van der Waals surface area (Å²) in [6.45, 7) is 12.8. The molecule has 1 aromatic carbocycles. The largest absolute Gasteiger partial charge is 0.485 e. The molecule has 146 valence electrons. The number of nitrogens with zero attached hydrogens (tertiary/aromatic N) is 2. The van der Waals surface area contributed by atoms with Crippen molar-refractivity contribution in [1.82, 2.24) is 4.90 Å². The maximum atomic E-state index is 12.5.